The molecule has 2 nitrogen and oxygen atoms in total. The summed E-state index contributed by atoms with van der Waals surface area (Å²) in [5.41, 5.74) is 0.745. The van der Waals surface area contributed by atoms with Crippen LogP contribution in [0.5, 0.6) is 0 Å². The number of carbonyl (C=O) groups is 1. The Labute approximate surface area is 104 Å². The first-order valence-corrected chi connectivity index (χ1v) is 6.93. The van der Waals surface area contributed by atoms with Crippen molar-refractivity contribution in [3.63, 3.8) is 0 Å². The van der Waals surface area contributed by atoms with Crippen molar-refractivity contribution >= 4 is 5.78 Å². The van der Waals surface area contributed by atoms with E-state index < -0.39 is 0 Å². The molecule has 3 aliphatic rings. The van der Waals surface area contributed by atoms with Gasteiger partial charge in [0.25, 0.3) is 0 Å². The first-order chi connectivity index (χ1) is 7.89. The summed E-state index contributed by atoms with van der Waals surface area (Å²) in [6.07, 6.45) is 5.64. The van der Waals surface area contributed by atoms with Gasteiger partial charge in [-0.25, -0.2) is 0 Å². The van der Waals surface area contributed by atoms with Gasteiger partial charge < -0.3 is 4.74 Å². The van der Waals surface area contributed by atoms with Gasteiger partial charge >= 0.3 is 0 Å². The Kier molecular flexibility index (Phi) is 2.16. The Hall–Kier alpha value is -0.370. The van der Waals surface area contributed by atoms with E-state index >= 15 is 0 Å². The second-order valence-electron chi connectivity index (χ2n) is 7.20. The highest BCUT2D eigenvalue weighted by molar-refractivity contribution is 5.82. The molecule has 17 heavy (non-hydrogen) atoms. The first kappa shape index (κ1) is 11.7. The fourth-order valence-corrected chi connectivity index (χ4v) is 5.76. The zero-order valence-corrected chi connectivity index (χ0v) is 11.5. The highest BCUT2D eigenvalue weighted by Crippen LogP contribution is 2.76. The van der Waals surface area contributed by atoms with Crippen molar-refractivity contribution in [2.75, 3.05) is 7.11 Å². The zero-order valence-electron chi connectivity index (χ0n) is 11.5. The minimum absolute atomic E-state index is 0.177. The Morgan fingerprint density at radius 2 is 1.88 bits per heavy atom. The summed E-state index contributed by atoms with van der Waals surface area (Å²) < 4.78 is 5.87. The monoisotopic (exact) mass is 236 g/mol. The van der Waals surface area contributed by atoms with Gasteiger partial charge in [0, 0.05) is 20.0 Å². The van der Waals surface area contributed by atoms with E-state index in [4.69, 9.17) is 4.74 Å². The third kappa shape index (κ3) is 1.05. The van der Waals surface area contributed by atoms with Crippen LogP contribution in [-0.2, 0) is 9.53 Å². The summed E-state index contributed by atoms with van der Waals surface area (Å²) in [7, 11) is 1.84. The van der Waals surface area contributed by atoms with Crippen molar-refractivity contribution in [2.45, 2.75) is 59.0 Å². The molecule has 2 heteroatoms. The molecule has 0 aromatic rings. The van der Waals surface area contributed by atoms with E-state index in [1.54, 1.807) is 0 Å². The van der Waals surface area contributed by atoms with Crippen molar-refractivity contribution in [3.8, 4) is 0 Å². The van der Waals surface area contributed by atoms with E-state index in [9.17, 15) is 4.79 Å². The molecular weight excluding hydrogens is 212 g/mol. The molecular formula is C15H24O2. The van der Waals surface area contributed by atoms with Crippen molar-refractivity contribution in [2.24, 2.45) is 22.2 Å². The molecule has 0 aliphatic heterocycles. The zero-order chi connectivity index (χ0) is 12.5. The molecule has 0 saturated heterocycles. The Morgan fingerprint density at radius 3 is 2.53 bits per heavy atom. The van der Waals surface area contributed by atoms with Gasteiger partial charge in [0.05, 0.1) is 6.10 Å². The molecule has 0 radical (unpaired) electrons. The van der Waals surface area contributed by atoms with Crippen LogP contribution in [-0.4, -0.2) is 19.0 Å². The second kappa shape index (κ2) is 3.14. The lowest BCUT2D eigenvalue weighted by Crippen LogP contribution is -2.41. The first-order valence-electron chi connectivity index (χ1n) is 6.93. The number of hydrogen-bond donors (Lipinski definition) is 0. The molecule has 0 amide bonds. The number of hydrogen-bond acceptors (Lipinski definition) is 2. The largest absolute Gasteiger partial charge is 0.381 e. The van der Waals surface area contributed by atoms with E-state index in [0.29, 0.717) is 11.7 Å². The van der Waals surface area contributed by atoms with Gasteiger partial charge in [-0.15, -0.1) is 0 Å². The summed E-state index contributed by atoms with van der Waals surface area (Å²) in [6, 6.07) is 0. The molecule has 0 spiro atoms. The SMILES string of the molecule is CO[C@@H]1[C@H]2CC(=O)C[C@@]2(C)[C@@]2(C)CCC[C@@]12C. The maximum atomic E-state index is 11.9. The summed E-state index contributed by atoms with van der Waals surface area (Å²) >= 11 is 0. The second-order valence-corrected chi connectivity index (χ2v) is 7.20. The predicted molar refractivity (Wildman–Crippen MR) is 66.7 cm³/mol. The molecule has 0 aromatic carbocycles. The minimum Gasteiger partial charge on any atom is -0.381 e. The third-order valence-corrected chi connectivity index (χ3v) is 6.97. The molecule has 3 rings (SSSR count). The Balaban J connectivity index is 2.14. The van der Waals surface area contributed by atoms with Crippen LogP contribution in [0.3, 0.4) is 0 Å². The number of carbonyl (C=O) groups excluding carboxylic acids is 1. The normalized spacial score (nSPS) is 57.3. The molecule has 0 N–H and O–H groups in total. The maximum Gasteiger partial charge on any atom is 0.133 e. The standard InChI is InChI=1S/C15H24O2/c1-13-6-5-7-15(13,3)14(2)9-10(16)8-11(14)12(13)17-4/h11-12H,5-9H2,1-4H3/t11-,12-,13+,14-,15+/m1/s1. The van der Waals surface area contributed by atoms with Crippen LogP contribution >= 0.6 is 0 Å². The third-order valence-electron chi connectivity index (χ3n) is 6.97. The smallest absolute Gasteiger partial charge is 0.133 e. The lowest BCUT2D eigenvalue weighted by Gasteiger charge is -2.45. The molecule has 0 bridgehead atoms. The highest BCUT2D eigenvalue weighted by atomic mass is 16.5. The molecule has 96 valence electrons. The van der Waals surface area contributed by atoms with Crippen LogP contribution in [0.4, 0.5) is 0 Å². The van der Waals surface area contributed by atoms with Crippen molar-refractivity contribution in [1.29, 1.82) is 0 Å². The van der Waals surface area contributed by atoms with Gasteiger partial charge in [0.2, 0.25) is 0 Å². The van der Waals surface area contributed by atoms with Crippen molar-refractivity contribution in [1.82, 2.24) is 0 Å². The van der Waals surface area contributed by atoms with Gasteiger partial charge in [0.1, 0.15) is 5.78 Å². The quantitative estimate of drug-likeness (QED) is 0.699. The highest BCUT2D eigenvalue weighted by Gasteiger charge is 2.73. The molecule has 5 atom stereocenters. The van der Waals surface area contributed by atoms with Crippen molar-refractivity contribution in [3.05, 3.63) is 0 Å². The average molecular weight is 236 g/mol. The van der Waals surface area contributed by atoms with Crippen LogP contribution in [0.2, 0.25) is 0 Å². The lowest BCUT2D eigenvalue weighted by atomic mass is 9.59. The number of ketones is 1. The van der Waals surface area contributed by atoms with Gasteiger partial charge in [-0.05, 0) is 35.0 Å². The average Bonchev–Trinajstić information content (AvgIpc) is 2.74. The van der Waals surface area contributed by atoms with E-state index in [0.717, 1.165) is 12.8 Å². The number of methoxy groups -OCH3 is 1. The van der Waals surface area contributed by atoms with Gasteiger partial charge in [0.15, 0.2) is 0 Å². The molecule has 3 fully saturated rings. The van der Waals surface area contributed by atoms with Gasteiger partial charge in [-0.3, -0.25) is 4.79 Å². The summed E-state index contributed by atoms with van der Waals surface area (Å²) in [5, 5.41) is 0. The summed E-state index contributed by atoms with van der Waals surface area (Å²) in [6.45, 7) is 7.18. The fourth-order valence-electron chi connectivity index (χ4n) is 5.76. The Morgan fingerprint density at radius 1 is 1.18 bits per heavy atom. The summed E-state index contributed by atoms with van der Waals surface area (Å²) in [4.78, 5) is 11.9. The number of Topliss-reactive ketones (excluding diaryl/α,β-unsaturated/α-hetero) is 1. The van der Waals surface area contributed by atoms with Gasteiger partial charge in [-0.2, -0.15) is 0 Å². The molecule has 3 saturated carbocycles. The minimum atomic E-state index is 0.177. The van der Waals surface area contributed by atoms with E-state index in [2.05, 4.69) is 20.8 Å². The van der Waals surface area contributed by atoms with E-state index in [1.165, 1.54) is 19.3 Å². The number of ether oxygens (including phenoxy) is 1. The molecule has 0 unspecified atom stereocenters. The van der Waals surface area contributed by atoms with Crippen LogP contribution in [0.15, 0.2) is 0 Å². The van der Waals surface area contributed by atoms with Crippen LogP contribution in [0.25, 0.3) is 0 Å². The van der Waals surface area contributed by atoms with Crippen LogP contribution in [0.1, 0.15) is 52.9 Å². The number of rotatable bonds is 1. The van der Waals surface area contributed by atoms with Crippen LogP contribution in [0, 0.1) is 22.2 Å². The molecule has 3 aliphatic carbocycles. The van der Waals surface area contributed by atoms with E-state index in [1.807, 2.05) is 7.11 Å². The topological polar surface area (TPSA) is 26.3 Å². The predicted octanol–water partition coefficient (Wildman–Crippen LogP) is 3.20. The van der Waals surface area contributed by atoms with Crippen LogP contribution < -0.4 is 0 Å². The number of fused-ring (bicyclic) bond motifs is 3. The fraction of sp³-hybridized carbons (Fsp3) is 0.933. The maximum absolute atomic E-state index is 11.9. The Bertz CT molecular complexity index is 377. The van der Waals surface area contributed by atoms with Crippen molar-refractivity contribution < 1.29 is 9.53 Å². The lowest BCUT2D eigenvalue weighted by molar-refractivity contribution is -0.120. The molecule has 0 aromatic heterocycles. The summed E-state index contributed by atoms with van der Waals surface area (Å²) in [5.74, 6) is 0.907. The van der Waals surface area contributed by atoms with E-state index in [-0.39, 0.29) is 22.3 Å². The molecule has 0 heterocycles. The van der Waals surface area contributed by atoms with Gasteiger partial charge in [-0.1, -0.05) is 27.2 Å².